The highest BCUT2D eigenvalue weighted by Gasteiger charge is 2.10. The summed E-state index contributed by atoms with van der Waals surface area (Å²) in [7, 11) is 0. The highest BCUT2D eigenvalue weighted by molar-refractivity contribution is 8.00. The average Bonchev–Trinajstić information content (AvgIpc) is 3.14. The zero-order valence-electron chi connectivity index (χ0n) is 12.6. The number of nitrogens with one attached hydrogen (secondary N) is 2. The fourth-order valence-electron chi connectivity index (χ4n) is 2.47. The Hall–Kier alpha value is -2.39. The van der Waals surface area contributed by atoms with E-state index in [9.17, 15) is 5.26 Å². The van der Waals surface area contributed by atoms with Gasteiger partial charge in [-0.3, -0.25) is 0 Å². The summed E-state index contributed by atoms with van der Waals surface area (Å²) in [6.45, 7) is 5.14. The van der Waals surface area contributed by atoms with Gasteiger partial charge in [0.1, 0.15) is 11.1 Å². The Labute approximate surface area is 133 Å². The smallest absolute Gasteiger partial charge is 0.134 e. The van der Waals surface area contributed by atoms with E-state index in [0.29, 0.717) is 5.56 Å². The number of aromatic amines is 1. The van der Waals surface area contributed by atoms with E-state index in [4.69, 9.17) is 0 Å². The van der Waals surface area contributed by atoms with Crippen molar-refractivity contribution in [1.82, 2.24) is 14.5 Å². The zero-order chi connectivity index (χ0) is 15.5. The van der Waals surface area contributed by atoms with Crippen LogP contribution in [-0.4, -0.2) is 14.5 Å². The third kappa shape index (κ3) is 2.68. The molecule has 0 spiro atoms. The molecule has 3 aromatic rings. The van der Waals surface area contributed by atoms with Crippen molar-refractivity contribution in [1.29, 1.82) is 5.26 Å². The van der Waals surface area contributed by atoms with Gasteiger partial charge in [-0.25, -0.2) is 4.98 Å². The molecule has 2 N–H and O–H groups in total. The van der Waals surface area contributed by atoms with Crippen molar-refractivity contribution in [2.45, 2.75) is 31.8 Å². The lowest BCUT2D eigenvalue weighted by atomic mass is 10.1. The molecular weight excluding hydrogens is 294 g/mol. The van der Waals surface area contributed by atoms with E-state index < -0.39 is 0 Å². The van der Waals surface area contributed by atoms with Gasteiger partial charge < -0.3 is 14.3 Å². The molecule has 0 unspecified atom stereocenters. The van der Waals surface area contributed by atoms with Crippen LogP contribution in [0.5, 0.6) is 0 Å². The summed E-state index contributed by atoms with van der Waals surface area (Å²) in [5.74, 6) is 0. The summed E-state index contributed by atoms with van der Waals surface area (Å²) in [5.41, 5.74) is 3.68. The molecule has 22 heavy (non-hydrogen) atoms. The van der Waals surface area contributed by atoms with Gasteiger partial charge in [0.05, 0.1) is 23.1 Å². The number of nitriles is 1. The van der Waals surface area contributed by atoms with Crippen LogP contribution >= 0.6 is 11.9 Å². The number of aryl methyl sites for hydroxylation is 2. The second-order valence-electron chi connectivity index (χ2n) is 5.15. The lowest BCUT2D eigenvalue weighted by Gasteiger charge is -2.07. The molecule has 5 nitrogen and oxygen atoms in total. The minimum atomic E-state index is 0.674. The molecule has 1 aromatic carbocycles. The third-order valence-corrected chi connectivity index (χ3v) is 4.26. The van der Waals surface area contributed by atoms with Crippen molar-refractivity contribution in [3.8, 4) is 6.07 Å². The first kappa shape index (κ1) is 14.5. The van der Waals surface area contributed by atoms with Gasteiger partial charge in [-0.15, -0.1) is 0 Å². The van der Waals surface area contributed by atoms with Crippen LogP contribution in [0.3, 0.4) is 0 Å². The third-order valence-electron chi connectivity index (χ3n) is 3.52. The van der Waals surface area contributed by atoms with Crippen LogP contribution in [0.25, 0.3) is 10.9 Å². The van der Waals surface area contributed by atoms with Crippen molar-refractivity contribution in [3.63, 3.8) is 0 Å². The highest BCUT2D eigenvalue weighted by Crippen LogP contribution is 2.31. The van der Waals surface area contributed by atoms with E-state index in [1.807, 2.05) is 31.6 Å². The molecule has 2 heterocycles. The minimum absolute atomic E-state index is 0.674. The van der Waals surface area contributed by atoms with Gasteiger partial charge in [-0.05, 0) is 25.0 Å². The van der Waals surface area contributed by atoms with Gasteiger partial charge in [0.15, 0.2) is 0 Å². The average molecular weight is 311 g/mol. The number of hydrogen-bond acceptors (Lipinski definition) is 4. The Bertz CT molecular complexity index is 840. The number of aromatic nitrogens is 3. The topological polar surface area (TPSA) is 69.4 Å². The number of fused-ring (bicyclic) bond motifs is 1. The molecule has 0 aliphatic heterocycles. The summed E-state index contributed by atoms with van der Waals surface area (Å²) in [5, 5.41) is 11.1. The van der Waals surface area contributed by atoms with Crippen LogP contribution in [0.4, 0.5) is 5.69 Å². The van der Waals surface area contributed by atoms with Crippen LogP contribution in [0, 0.1) is 18.3 Å². The molecule has 0 radical (unpaired) electrons. The molecule has 0 saturated heterocycles. The predicted octanol–water partition coefficient (Wildman–Crippen LogP) is 4.07. The van der Waals surface area contributed by atoms with Gasteiger partial charge >= 0.3 is 0 Å². The molecule has 0 atom stereocenters. The normalized spacial score (nSPS) is 10.8. The lowest BCUT2D eigenvalue weighted by Crippen LogP contribution is -1.91. The monoisotopic (exact) mass is 311 g/mol. The molecule has 0 aliphatic rings. The van der Waals surface area contributed by atoms with Crippen LogP contribution < -0.4 is 4.72 Å². The van der Waals surface area contributed by atoms with E-state index in [1.165, 1.54) is 11.9 Å². The number of rotatable bonds is 5. The van der Waals surface area contributed by atoms with Crippen molar-refractivity contribution in [2.24, 2.45) is 0 Å². The van der Waals surface area contributed by atoms with Gasteiger partial charge in [0.25, 0.3) is 0 Å². The number of anilines is 1. The van der Waals surface area contributed by atoms with Crippen LogP contribution in [0.1, 0.15) is 24.5 Å². The molecule has 0 aliphatic carbocycles. The van der Waals surface area contributed by atoms with Crippen molar-refractivity contribution >= 4 is 28.5 Å². The summed E-state index contributed by atoms with van der Waals surface area (Å²) in [4.78, 5) is 7.56. The molecule has 0 saturated carbocycles. The SMILES string of the molecule is CCCn1cnc(SNc2ccc(C)c3c(C#N)c[nH]c23)c1. The number of imidazole rings is 1. The van der Waals surface area contributed by atoms with E-state index in [1.54, 1.807) is 6.20 Å². The maximum Gasteiger partial charge on any atom is 0.134 e. The fourth-order valence-corrected chi connectivity index (χ4v) is 3.15. The largest absolute Gasteiger partial charge is 0.358 e. The Kier molecular flexibility index (Phi) is 4.07. The van der Waals surface area contributed by atoms with Crippen LogP contribution in [-0.2, 0) is 6.54 Å². The Morgan fingerprint density at radius 3 is 3.09 bits per heavy atom. The van der Waals surface area contributed by atoms with Crippen molar-refractivity contribution < 1.29 is 0 Å². The number of nitrogens with zero attached hydrogens (tertiary/aromatic N) is 3. The summed E-state index contributed by atoms with van der Waals surface area (Å²) in [6, 6.07) is 6.27. The Balaban J connectivity index is 1.83. The lowest BCUT2D eigenvalue weighted by molar-refractivity contribution is 0.677. The molecule has 0 fully saturated rings. The minimum Gasteiger partial charge on any atom is -0.358 e. The second kappa shape index (κ2) is 6.16. The Morgan fingerprint density at radius 1 is 1.45 bits per heavy atom. The summed E-state index contributed by atoms with van der Waals surface area (Å²) >= 11 is 1.47. The second-order valence-corrected chi connectivity index (χ2v) is 5.97. The van der Waals surface area contributed by atoms with E-state index in [-0.39, 0.29) is 0 Å². The predicted molar refractivity (Wildman–Crippen MR) is 89.7 cm³/mol. The maximum atomic E-state index is 9.19. The first-order valence-corrected chi connectivity index (χ1v) is 8.00. The number of benzene rings is 1. The molecule has 2 aromatic heterocycles. The van der Waals surface area contributed by atoms with Gasteiger partial charge in [0.2, 0.25) is 0 Å². The number of hydrogen-bond donors (Lipinski definition) is 2. The van der Waals surface area contributed by atoms with Crippen molar-refractivity contribution in [3.05, 3.63) is 42.0 Å². The standard InChI is InChI=1S/C16H17N5S/c1-3-6-21-9-14(19-10-21)22-20-13-5-4-11(2)15-12(7-17)8-18-16(13)15/h4-5,8-10,18,20H,3,6H2,1-2H3. The first-order valence-electron chi connectivity index (χ1n) is 7.18. The quantitative estimate of drug-likeness (QED) is 0.697. The molecular formula is C16H17N5S. The van der Waals surface area contributed by atoms with Gasteiger partial charge in [-0.2, -0.15) is 5.26 Å². The van der Waals surface area contributed by atoms with E-state index in [2.05, 4.69) is 32.3 Å². The molecule has 112 valence electrons. The van der Waals surface area contributed by atoms with Crippen LogP contribution in [0.2, 0.25) is 0 Å². The summed E-state index contributed by atoms with van der Waals surface area (Å²) < 4.78 is 5.40. The Morgan fingerprint density at radius 2 is 2.32 bits per heavy atom. The maximum absolute atomic E-state index is 9.19. The molecule has 0 bridgehead atoms. The first-order chi connectivity index (χ1) is 10.7. The number of H-pyrrole nitrogens is 1. The fraction of sp³-hybridized carbons (Fsp3) is 0.250. The molecule has 0 amide bonds. The zero-order valence-corrected chi connectivity index (χ0v) is 13.4. The van der Waals surface area contributed by atoms with Crippen LogP contribution in [0.15, 0.2) is 35.9 Å². The van der Waals surface area contributed by atoms with E-state index >= 15 is 0 Å². The summed E-state index contributed by atoms with van der Waals surface area (Å²) in [6.07, 6.45) is 6.72. The van der Waals surface area contributed by atoms with E-state index in [0.717, 1.165) is 40.1 Å². The molecule has 3 rings (SSSR count). The van der Waals surface area contributed by atoms with Crippen molar-refractivity contribution in [2.75, 3.05) is 4.72 Å². The van der Waals surface area contributed by atoms with Gasteiger partial charge in [-0.1, -0.05) is 13.0 Å². The molecule has 6 heteroatoms. The highest BCUT2D eigenvalue weighted by atomic mass is 32.2. The van der Waals surface area contributed by atoms with Gasteiger partial charge in [0, 0.05) is 36.3 Å².